The number of likely N-dealkylation sites (tertiary alicyclic amines) is 1. The fraction of sp³-hybridized carbons (Fsp3) is 0.300. The number of aryl methyl sites for hydroxylation is 1. The van der Waals surface area contributed by atoms with Crippen molar-refractivity contribution >= 4 is 40.0 Å². The van der Waals surface area contributed by atoms with E-state index < -0.39 is 0 Å². The fourth-order valence-electron chi connectivity index (χ4n) is 4.52. The predicted octanol–water partition coefficient (Wildman–Crippen LogP) is 3.89. The van der Waals surface area contributed by atoms with Gasteiger partial charge in [-0.25, -0.2) is 0 Å². The highest BCUT2D eigenvalue weighted by molar-refractivity contribution is 6.42. The zero-order valence-electron chi connectivity index (χ0n) is 14.6. The lowest BCUT2D eigenvalue weighted by atomic mass is 9.95. The average Bonchev–Trinajstić information content (AvgIpc) is 3.03. The van der Waals surface area contributed by atoms with E-state index in [1.807, 2.05) is 30.0 Å². The van der Waals surface area contributed by atoms with E-state index in [-0.39, 0.29) is 16.9 Å². The van der Waals surface area contributed by atoms with Crippen LogP contribution in [0.5, 0.6) is 0 Å². The van der Waals surface area contributed by atoms with Crippen molar-refractivity contribution in [3.63, 3.8) is 0 Å². The number of halogens is 2. The normalized spacial score (nSPS) is 23.7. The van der Waals surface area contributed by atoms with E-state index in [9.17, 15) is 9.59 Å². The SMILES string of the molecule is Cc1c[nH]c(=O)c2c(C(=O)N3CC4CC4(c4ccc(Cl)c(Cl)c4)C3)c[nH]c12. The van der Waals surface area contributed by atoms with Gasteiger partial charge >= 0.3 is 0 Å². The van der Waals surface area contributed by atoms with E-state index in [1.165, 1.54) is 0 Å². The van der Waals surface area contributed by atoms with Crippen molar-refractivity contribution in [1.29, 1.82) is 0 Å². The van der Waals surface area contributed by atoms with E-state index in [0.717, 1.165) is 17.5 Å². The second-order valence-corrected chi connectivity index (χ2v) is 8.44. The number of hydrogen-bond donors (Lipinski definition) is 2. The molecule has 3 aromatic rings. The van der Waals surface area contributed by atoms with Crippen LogP contribution in [0, 0.1) is 12.8 Å². The van der Waals surface area contributed by atoms with Gasteiger partial charge in [0, 0.05) is 30.9 Å². The topological polar surface area (TPSA) is 69.0 Å². The smallest absolute Gasteiger partial charge is 0.258 e. The number of aromatic nitrogens is 2. The summed E-state index contributed by atoms with van der Waals surface area (Å²) in [4.78, 5) is 33.1. The van der Waals surface area contributed by atoms with E-state index >= 15 is 0 Å². The molecular formula is C20H17Cl2N3O2. The maximum Gasteiger partial charge on any atom is 0.258 e. The van der Waals surface area contributed by atoms with E-state index in [4.69, 9.17) is 23.2 Å². The number of pyridine rings is 1. The van der Waals surface area contributed by atoms with Crippen LogP contribution in [0.25, 0.3) is 10.9 Å². The highest BCUT2D eigenvalue weighted by Gasteiger charge is 2.61. The Morgan fingerprint density at radius 1 is 1.22 bits per heavy atom. The Hall–Kier alpha value is -2.24. The van der Waals surface area contributed by atoms with Crippen LogP contribution >= 0.6 is 23.2 Å². The Labute approximate surface area is 165 Å². The van der Waals surface area contributed by atoms with E-state index in [0.29, 0.717) is 45.5 Å². The first-order valence-electron chi connectivity index (χ1n) is 8.85. The van der Waals surface area contributed by atoms with Crippen molar-refractivity contribution < 1.29 is 4.79 Å². The second-order valence-electron chi connectivity index (χ2n) is 7.62. The van der Waals surface area contributed by atoms with Gasteiger partial charge in [-0.15, -0.1) is 0 Å². The summed E-state index contributed by atoms with van der Waals surface area (Å²) in [6.07, 6.45) is 4.34. The molecule has 1 saturated carbocycles. The molecule has 1 aliphatic carbocycles. The van der Waals surface area contributed by atoms with E-state index in [1.54, 1.807) is 12.4 Å². The number of H-pyrrole nitrogens is 2. The van der Waals surface area contributed by atoms with Gasteiger partial charge in [0.05, 0.1) is 26.5 Å². The summed E-state index contributed by atoms with van der Waals surface area (Å²) in [5.74, 6) is 0.313. The molecule has 27 heavy (non-hydrogen) atoms. The minimum atomic E-state index is -0.247. The van der Waals surface area contributed by atoms with E-state index in [2.05, 4.69) is 9.97 Å². The Morgan fingerprint density at radius 2 is 2.04 bits per heavy atom. The van der Waals surface area contributed by atoms with Crippen LogP contribution in [0.3, 0.4) is 0 Å². The summed E-state index contributed by atoms with van der Waals surface area (Å²) in [6.45, 7) is 3.22. The van der Waals surface area contributed by atoms with Gasteiger partial charge in [-0.1, -0.05) is 29.3 Å². The number of aromatic amines is 2. The molecule has 7 heteroatoms. The zero-order valence-corrected chi connectivity index (χ0v) is 16.1. The van der Waals surface area contributed by atoms with Gasteiger partial charge in [0.1, 0.15) is 0 Å². The summed E-state index contributed by atoms with van der Waals surface area (Å²) in [7, 11) is 0. The van der Waals surface area contributed by atoms with Crippen LogP contribution < -0.4 is 5.56 Å². The zero-order chi connectivity index (χ0) is 18.9. The van der Waals surface area contributed by atoms with Gasteiger partial charge in [0.25, 0.3) is 11.5 Å². The number of benzene rings is 1. The van der Waals surface area contributed by atoms with Crippen molar-refractivity contribution in [2.24, 2.45) is 5.92 Å². The maximum absolute atomic E-state index is 13.2. The summed E-state index contributed by atoms with van der Waals surface area (Å²) >= 11 is 12.2. The highest BCUT2D eigenvalue weighted by Crippen LogP contribution is 2.59. The lowest BCUT2D eigenvalue weighted by molar-refractivity contribution is 0.0774. The molecule has 0 radical (unpaired) electrons. The van der Waals surface area contributed by atoms with Gasteiger partial charge < -0.3 is 14.9 Å². The second kappa shape index (κ2) is 5.63. The predicted molar refractivity (Wildman–Crippen MR) is 106 cm³/mol. The molecule has 1 amide bonds. The largest absolute Gasteiger partial charge is 0.360 e. The summed E-state index contributed by atoms with van der Waals surface area (Å²) in [5, 5.41) is 1.51. The number of amides is 1. The van der Waals surface area contributed by atoms with Crippen molar-refractivity contribution in [1.82, 2.24) is 14.9 Å². The molecule has 3 heterocycles. The van der Waals surface area contributed by atoms with Crippen molar-refractivity contribution in [2.45, 2.75) is 18.8 Å². The number of carbonyl (C=O) groups excluding carboxylic acids is 1. The number of nitrogens with one attached hydrogen (secondary N) is 2. The number of rotatable bonds is 2. The number of hydrogen-bond acceptors (Lipinski definition) is 2. The Kier molecular flexibility index (Phi) is 3.52. The van der Waals surface area contributed by atoms with Gasteiger partial charge in [0.2, 0.25) is 0 Å². The third-order valence-electron chi connectivity index (χ3n) is 6.08. The average molecular weight is 402 g/mol. The Morgan fingerprint density at radius 3 is 2.81 bits per heavy atom. The summed E-state index contributed by atoms with van der Waals surface area (Å²) < 4.78 is 0. The van der Waals surface area contributed by atoms with Crippen LogP contribution in [-0.4, -0.2) is 33.9 Å². The molecule has 2 N–H and O–H groups in total. The van der Waals surface area contributed by atoms with Crippen molar-refractivity contribution in [3.05, 3.63) is 67.7 Å². The molecule has 2 fully saturated rings. The summed E-state index contributed by atoms with van der Waals surface area (Å²) in [6, 6.07) is 5.73. The van der Waals surface area contributed by atoms with Gasteiger partial charge in [-0.2, -0.15) is 0 Å². The van der Waals surface area contributed by atoms with Gasteiger partial charge in [-0.3, -0.25) is 9.59 Å². The number of piperidine rings is 1. The fourth-order valence-corrected chi connectivity index (χ4v) is 4.82. The molecule has 2 aromatic heterocycles. The molecular weight excluding hydrogens is 385 g/mol. The van der Waals surface area contributed by atoms with Crippen LogP contribution in [0.4, 0.5) is 0 Å². The molecule has 1 saturated heterocycles. The molecule has 1 aromatic carbocycles. The van der Waals surface area contributed by atoms with Crippen LogP contribution in [0.1, 0.15) is 27.9 Å². The lowest BCUT2D eigenvalue weighted by Crippen LogP contribution is -2.33. The molecule has 2 atom stereocenters. The van der Waals surface area contributed by atoms with Crippen LogP contribution in [-0.2, 0) is 5.41 Å². The van der Waals surface area contributed by atoms with Crippen molar-refractivity contribution in [3.8, 4) is 0 Å². The minimum absolute atomic E-state index is 0.0433. The Balaban J connectivity index is 1.48. The highest BCUT2D eigenvalue weighted by atomic mass is 35.5. The molecule has 0 spiro atoms. The van der Waals surface area contributed by atoms with Crippen molar-refractivity contribution in [2.75, 3.05) is 13.1 Å². The molecule has 2 unspecified atom stereocenters. The molecule has 5 nitrogen and oxygen atoms in total. The molecule has 2 aliphatic rings. The first-order chi connectivity index (χ1) is 12.9. The minimum Gasteiger partial charge on any atom is -0.360 e. The third kappa shape index (κ3) is 2.38. The van der Waals surface area contributed by atoms with Gasteiger partial charge in [-0.05, 0) is 42.5 Å². The van der Waals surface area contributed by atoms with Crippen LogP contribution in [0.15, 0.2) is 35.4 Å². The summed E-state index contributed by atoms with van der Waals surface area (Å²) in [5.41, 5.74) is 2.89. The number of carbonyl (C=O) groups is 1. The van der Waals surface area contributed by atoms with Gasteiger partial charge in [0.15, 0.2) is 0 Å². The lowest BCUT2D eigenvalue weighted by Gasteiger charge is -2.21. The molecule has 0 bridgehead atoms. The molecule has 5 rings (SSSR count). The third-order valence-corrected chi connectivity index (χ3v) is 6.82. The number of fused-ring (bicyclic) bond motifs is 2. The molecule has 138 valence electrons. The quantitative estimate of drug-likeness (QED) is 0.683. The maximum atomic E-state index is 13.2. The number of nitrogens with zero attached hydrogens (tertiary/aromatic N) is 1. The Bertz CT molecular complexity index is 1170. The first-order valence-corrected chi connectivity index (χ1v) is 9.60. The first kappa shape index (κ1) is 16.9. The monoisotopic (exact) mass is 401 g/mol. The standard InChI is InChI=1S/C20H17Cl2N3O2/c1-10-6-24-18(26)16-13(7-23-17(10)16)19(27)25-8-12-5-20(12,9-25)11-2-3-14(21)15(22)4-11/h2-4,6-7,12,23H,5,8-9H2,1H3,(H,24,26). The molecule has 1 aliphatic heterocycles. The van der Waals surface area contributed by atoms with Crippen LogP contribution in [0.2, 0.25) is 10.0 Å².